The highest BCUT2D eigenvalue weighted by molar-refractivity contribution is 5.94. The molecular weight excluding hydrogens is 150 g/mol. The standard InChI is InChI=1S/C10H19NO/c1-6-9(12)8(2)7-11-10(3,4)5/h11H,2,6-7H2,1,3-5H3. The van der Waals surface area contributed by atoms with Gasteiger partial charge in [0.25, 0.3) is 0 Å². The van der Waals surface area contributed by atoms with Gasteiger partial charge in [-0.25, -0.2) is 0 Å². The maximum absolute atomic E-state index is 11.1. The second kappa shape index (κ2) is 4.41. The molecule has 0 amide bonds. The zero-order chi connectivity index (χ0) is 9.78. The maximum Gasteiger partial charge on any atom is 0.159 e. The summed E-state index contributed by atoms with van der Waals surface area (Å²) in [6, 6.07) is 0. The Kier molecular flexibility index (Phi) is 4.18. The van der Waals surface area contributed by atoms with Gasteiger partial charge in [0.05, 0.1) is 0 Å². The van der Waals surface area contributed by atoms with Crippen LogP contribution in [0.5, 0.6) is 0 Å². The van der Waals surface area contributed by atoms with Crippen molar-refractivity contribution in [2.24, 2.45) is 0 Å². The number of hydrogen-bond donors (Lipinski definition) is 1. The van der Waals surface area contributed by atoms with Gasteiger partial charge >= 0.3 is 0 Å². The predicted molar refractivity (Wildman–Crippen MR) is 52.2 cm³/mol. The Labute approximate surface area is 75.0 Å². The van der Waals surface area contributed by atoms with E-state index in [9.17, 15) is 4.79 Å². The van der Waals surface area contributed by atoms with Crippen molar-refractivity contribution >= 4 is 5.78 Å². The highest BCUT2D eigenvalue weighted by Crippen LogP contribution is 2.01. The van der Waals surface area contributed by atoms with Crippen LogP contribution in [0.4, 0.5) is 0 Å². The minimum absolute atomic E-state index is 0.0525. The molecule has 0 aliphatic rings. The van der Waals surface area contributed by atoms with E-state index in [0.717, 1.165) is 0 Å². The van der Waals surface area contributed by atoms with Gasteiger partial charge in [-0.1, -0.05) is 13.5 Å². The monoisotopic (exact) mass is 169 g/mol. The third kappa shape index (κ3) is 5.08. The van der Waals surface area contributed by atoms with Crippen LogP contribution in [0.15, 0.2) is 12.2 Å². The van der Waals surface area contributed by atoms with Crippen molar-refractivity contribution in [3.05, 3.63) is 12.2 Å². The Hall–Kier alpha value is -0.630. The van der Waals surface area contributed by atoms with E-state index in [1.807, 2.05) is 6.92 Å². The van der Waals surface area contributed by atoms with Gasteiger partial charge in [-0.3, -0.25) is 4.79 Å². The van der Waals surface area contributed by atoms with Crippen LogP contribution in [-0.4, -0.2) is 17.9 Å². The number of rotatable bonds is 4. The van der Waals surface area contributed by atoms with Crippen LogP contribution in [0.3, 0.4) is 0 Å². The van der Waals surface area contributed by atoms with Crippen molar-refractivity contribution in [3.63, 3.8) is 0 Å². The number of carbonyl (C=O) groups excluding carboxylic acids is 1. The topological polar surface area (TPSA) is 29.1 Å². The molecule has 0 aromatic rings. The summed E-state index contributed by atoms with van der Waals surface area (Å²) < 4.78 is 0. The molecule has 0 bridgehead atoms. The van der Waals surface area contributed by atoms with E-state index < -0.39 is 0 Å². The molecule has 12 heavy (non-hydrogen) atoms. The molecule has 0 radical (unpaired) electrons. The third-order valence-electron chi connectivity index (χ3n) is 1.55. The van der Waals surface area contributed by atoms with Crippen LogP contribution < -0.4 is 5.32 Å². The van der Waals surface area contributed by atoms with Crippen molar-refractivity contribution < 1.29 is 4.79 Å². The van der Waals surface area contributed by atoms with Crippen LogP contribution in [-0.2, 0) is 4.79 Å². The fourth-order valence-electron chi connectivity index (χ4n) is 0.720. The van der Waals surface area contributed by atoms with Crippen molar-refractivity contribution in [3.8, 4) is 0 Å². The molecule has 0 aliphatic carbocycles. The molecular formula is C10H19NO. The molecule has 0 heterocycles. The van der Waals surface area contributed by atoms with Crippen LogP contribution in [0, 0.1) is 0 Å². The number of ketones is 1. The van der Waals surface area contributed by atoms with Gasteiger partial charge in [0, 0.05) is 24.1 Å². The molecule has 2 nitrogen and oxygen atoms in total. The Bertz CT molecular complexity index is 177. The molecule has 0 aromatic carbocycles. The average molecular weight is 169 g/mol. The van der Waals surface area contributed by atoms with Crippen molar-refractivity contribution in [1.29, 1.82) is 0 Å². The number of carbonyl (C=O) groups is 1. The summed E-state index contributed by atoms with van der Waals surface area (Å²) in [5.74, 6) is 0.145. The Morgan fingerprint density at radius 2 is 1.92 bits per heavy atom. The van der Waals surface area contributed by atoms with Gasteiger partial charge in [-0.15, -0.1) is 0 Å². The molecule has 2 heteroatoms. The first-order valence-corrected chi connectivity index (χ1v) is 4.33. The molecule has 0 spiro atoms. The maximum atomic E-state index is 11.1. The van der Waals surface area contributed by atoms with Gasteiger partial charge in [0.2, 0.25) is 0 Å². The van der Waals surface area contributed by atoms with Crippen molar-refractivity contribution in [2.75, 3.05) is 6.54 Å². The van der Waals surface area contributed by atoms with Gasteiger partial charge in [0.15, 0.2) is 5.78 Å². The lowest BCUT2D eigenvalue weighted by atomic mass is 10.1. The van der Waals surface area contributed by atoms with Crippen molar-refractivity contribution in [2.45, 2.75) is 39.7 Å². The van der Waals surface area contributed by atoms with Gasteiger partial charge in [-0.2, -0.15) is 0 Å². The smallest absolute Gasteiger partial charge is 0.159 e. The van der Waals surface area contributed by atoms with E-state index in [4.69, 9.17) is 0 Å². The van der Waals surface area contributed by atoms with E-state index in [1.54, 1.807) is 0 Å². The van der Waals surface area contributed by atoms with Gasteiger partial charge in [-0.05, 0) is 20.8 Å². The second-order valence-electron chi connectivity index (χ2n) is 3.98. The van der Waals surface area contributed by atoms with E-state index >= 15 is 0 Å². The molecule has 0 unspecified atom stereocenters. The Morgan fingerprint density at radius 1 is 1.42 bits per heavy atom. The second-order valence-corrected chi connectivity index (χ2v) is 3.98. The molecule has 70 valence electrons. The normalized spacial score (nSPS) is 11.3. The fraction of sp³-hybridized carbons (Fsp3) is 0.700. The summed E-state index contributed by atoms with van der Waals surface area (Å²) >= 11 is 0. The molecule has 0 aliphatic heterocycles. The summed E-state index contributed by atoms with van der Waals surface area (Å²) in [4.78, 5) is 11.1. The Balaban J connectivity index is 3.80. The fourth-order valence-corrected chi connectivity index (χ4v) is 0.720. The summed E-state index contributed by atoms with van der Waals surface area (Å²) in [7, 11) is 0. The zero-order valence-corrected chi connectivity index (χ0v) is 8.53. The first-order valence-electron chi connectivity index (χ1n) is 4.33. The average Bonchev–Trinajstić information content (AvgIpc) is 1.97. The third-order valence-corrected chi connectivity index (χ3v) is 1.55. The van der Waals surface area contributed by atoms with E-state index in [-0.39, 0.29) is 11.3 Å². The molecule has 0 saturated carbocycles. The summed E-state index contributed by atoms with van der Waals surface area (Å²) in [6.45, 7) is 12.4. The lowest BCUT2D eigenvalue weighted by Crippen LogP contribution is -2.37. The van der Waals surface area contributed by atoms with Crippen LogP contribution in [0.1, 0.15) is 34.1 Å². The molecule has 0 aromatic heterocycles. The van der Waals surface area contributed by atoms with E-state index in [2.05, 4.69) is 32.7 Å². The zero-order valence-electron chi connectivity index (χ0n) is 8.53. The van der Waals surface area contributed by atoms with Crippen LogP contribution in [0.25, 0.3) is 0 Å². The number of nitrogens with one attached hydrogen (secondary N) is 1. The lowest BCUT2D eigenvalue weighted by molar-refractivity contribution is -0.115. The molecule has 0 saturated heterocycles. The number of hydrogen-bond acceptors (Lipinski definition) is 2. The van der Waals surface area contributed by atoms with Gasteiger partial charge < -0.3 is 5.32 Å². The minimum Gasteiger partial charge on any atom is -0.308 e. The van der Waals surface area contributed by atoms with Crippen LogP contribution in [0.2, 0.25) is 0 Å². The molecule has 0 fully saturated rings. The van der Waals surface area contributed by atoms with E-state index in [0.29, 0.717) is 18.5 Å². The minimum atomic E-state index is 0.0525. The predicted octanol–water partition coefficient (Wildman–Crippen LogP) is 1.91. The SMILES string of the molecule is C=C(CNC(C)(C)C)C(=O)CC. The molecule has 1 N–H and O–H groups in total. The first kappa shape index (κ1) is 11.4. The summed E-state index contributed by atoms with van der Waals surface area (Å²) in [5.41, 5.74) is 0.726. The molecule has 0 rings (SSSR count). The lowest BCUT2D eigenvalue weighted by Gasteiger charge is -2.20. The number of Topliss-reactive ketones (excluding diaryl/α,β-unsaturated/α-hetero) is 1. The Morgan fingerprint density at radius 3 is 2.25 bits per heavy atom. The quantitative estimate of drug-likeness (QED) is 0.651. The molecule has 0 atom stereocenters. The summed E-state index contributed by atoms with van der Waals surface area (Å²) in [5, 5.41) is 3.22. The van der Waals surface area contributed by atoms with Crippen LogP contribution >= 0.6 is 0 Å². The summed E-state index contributed by atoms with van der Waals surface area (Å²) in [6.07, 6.45) is 0.546. The van der Waals surface area contributed by atoms with E-state index in [1.165, 1.54) is 0 Å². The van der Waals surface area contributed by atoms with Gasteiger partial charge in [0.1, 0.15) is 0 Å². The highest BCUT2D eigenvalue weighted by Gasteiger charge is 2.10. The first-order chi connectivity index (χ1) is 5.37. The van der Waals surface area contributed by atoms with Crippen molar-refractivity contribution in [1.82, 2.24) is 5.32 Å². The highest BCUT2D eigenvalue weighted by atomic mass is 16.1. The largest absolute Gasteiger partial charge is 0.308 e.